The highest BCUT2D eigenvalue weighted by molar-refractivity contribution is 7.99. The van der Waals surface area contributed by atoms with Gasteiger partial charge < -0.3 is 10.2 Å². The molecule has 0 aliphatic rings. The van der Waals surface area contributed by atoms with Crippen molar-refractivity contribution in [2.24, 2.45) is 0 Å². The number of benzene rings is 1. The third-order valence-corrected chi connectivity index (χ3v) is 3.42. The minimum atomic E-state index is -0.988. The maximum Gasteiger partial charge on any atom is 0.337 e. The van der Waals surface area contributed by atoms with E-state index in [1.807, 2.05) is 36.4 Å². The molecule has 0 unspecified atom stereocenters. The van der Waals surface area contributed by atoms with Crippen LogP contribution in [0.2, 0.25) is 0 Å². The minimum Gasteiger partial charge on any atom is -0.478 e. The van der Waals surface area contributed by atoms with Crippen molar-refractivity contribution in [3.63, 3.8) is 0 Å². The molecule has 0 bridgehead atoms. The van der Waals surface area contributed by atoms with Gasteiger partial charge in [0.25, 0.3) is 0 Å². The van der Waals surface area contributed by atoms with Gasteiger partial charge in [-0.25, -0.2) is 4.79 Å². The molecule has 0 atom stereocenters. The minimum absolute atomic E-state index is 0.0242. The maximum atomic E-state index is 10.7. The number of hydrogen-bond donors (Lipinski definition) is 2. The van der Waals surface area contributed by atoms with Crippen LogP contribution >= 0.6 is 11.8 Å². The Morgan fingerprint density at radius 1 is 1.20 bits per heavy atom. The van der Waals surface area contributed by atoms with Gasteiger partial charge in [0.1, 0.15) is 0 Å². The summed E-state index contributed by atoms with van der Waals surface area (Å²) in [5.74, 6) is -0.964. The van der Waals surface area contributed by atoms with E-state index in [1.165, 1.54) is 24.0 Å². The Morgan fingerprint density at radius 3 is 2.65 bits per heavy atom. The molecule has 0 radical (unpaired) electrons. The van der Waals surface area contributed by atoms with Crippen molar-refractivity contribution in [2.75, 3.05) is 5.94 Å². The number of thioether (sulfide) groups is 1. The van der Waals surface area contributed by atoms with Crippen molar-refractivity contribution < 1.29 is 15.0 Å². The first-order valence-electron chi connectivity index (χ1n) is 5.91. The van der Waals surface area contributed by atoms with Gasteiger partial charge in [0.15, 0.2) is 0 Å². The van der Waals surface area contributed by atoms with Gasteiger partial charge in [0.05, 0.1) is 17.2 Å². The first-order valence-corrected chi connectivity index (χ1v) is 6.89. The second kappa shape index (κ2) is 6.88. The Hall–Kier alpha value is -2.11. The molecule has 102 valence electrons. The molecule has 1 aromatic heterocycles. The molecule has 20 heavy (non-hydrogen) atoms. The lowest BCUT2D eigenvalue weighted by Gasteiger charge is -2.02. The van der Waals surface area contributed by atoms with E-state index in [-0.39, 0.29) is 11.5 Å². The number of pyridine rings is 1. The van der Waals surface area contributed by atoms with Crippen LogP contribution in [0.1, 0.15) is 21.6 Å². The number of carboxylic acids is 1. The van der Waals surface area contributed by atoms with Crippen molar-refractivity contribution in [1.29, 1.82) is 0 Å². The summed E-state index contributed by atoms with van der Waals surface area (Å²) in [5, 5.41) is 17.8. The average molecular weight is 287 g/mol. The van der Waals surface area contributed by atoms with Gasteiger partial charge in [-0.1, -0.05) is 36.0 Å². The summed E-state index contributed by atoms with van der Waals surface area (Å²) >= 11 is 1.35. The highest BCUT2D eigenvalue weighted by Gasteiger charge is 2.02. The molecule has 2 aromatic rings. The number of aromatic nitrogens is 1. The van der Waals surface area contributed by atoms with Gasteiger partial charge in [0.2, 0.25) is 0 Å². The van der Waals surface area contributed by atoms with E-state index < -0.39 is 5.97 Å². The summed E-state index contributed by atoms with van der Waals surface area (Å²) in [6, 6.07) is 10.9. The predicted octanol–water partition coefficient (Wildman–Crippen LogP) is 2.99. The predicted molar refractivity (Wildman–Crippen MR) is 79.5 cm³/mol. The monoisotopic (exact) mass is 287 g/mol. The second-order valence-electron chi connectivity index (χ2n) is 3.92. The molecule has 2 rings (SSSR count). The maximum absolute atomic E-state index is 10.7. The third-order valence-electron chi connectivity index (χ3n) is 2.61. The van der Waals surface area contributed by atoms with Gasteiger partial charge in [-0.3, -0.25) is 4.98 Å². The van der Waals surface area contributed by atoms with Crippen molar-refractivity contribution in [1.82, 2.24) is 4.98 Å². The molecular formula is C15H13NO3S. The standard InChI is InChI=1S/C15H13NO3S/c17-10-20-14-4-2-1-3-11(14)5-7-13-8-6-12(9-16-13)15(18)19/h1-9,17H,10H2,(H,18,19). The summed E-state index contributed by atoms with van der Waals surface area (Å²) in [7, 11) is 0. The van der Waals surface area contributed by atoms with Gasteiger partial charge in [-0.05, 0) is 29.8 Å². The van der Waals surface area contributed by atoms with Crippen molar-refractivity contribution >= 4 is 29.9 Å². The highest BCUT2D eigenvalue weighted by Crippen LogP contribution is 2.23. The molecule has 2 N–H and O–H groups in total. The molecule has 0 aliphatic heterocycles. The van der Waals surface area contributed by atoms with E-state index >= 15 is 0 Å². The number of aromatic carboxylic acids is 1. The van der Waals surface area contributed by atoms with Crippen molar-refractivity contribution in [2.45, 2.75) is 4.90 Å². The Bertz CT molecular complexity index is 623. The van der Waals surface area contributed by atoms with Crippen LogP contribution in [0.3, 0.4) is 0 Å². The molecule has 0 saturated carbocycles. The molecule has 1 heterocycles. The van der Waals surface area contributed by atoms with Gasteiger partial charge in [0, 0.05) is 11.1 Å². The zero-order chi connectivity index (χ0) is 14.4. The Balaban J connectivity index is 2.18. The first kappa shape index (κ1) is 14.3. The first-order chi connectivity index (χ1) is 9.70. The zero-order valence-corrected chi connectivity index (χ0v) is 11.4. The Morgan fingerprint density at radius 2 is 2.00 bits per heavy atom. The molecule has 0 amide bonds. The fraction of sp³-hybridized carbons (Fsp3) is 0.0667. The van der Waals surface area contributed by atoms with E-state index in [1.54, 1.807) is 6.07 Å². The number of hydrogen-bond acceptors (Lipinski definition) is 4. The molecule has 0 fully saturated rings. The molecule has 0 aliphatic carbocycles. The van der Waals surface area contributed by atoms with Crippen LogP contribution in [0.4, 0.5) is 0 Å². The second-order valence-corrected chi connectivity index (χ2v) is 4.91. The zero-order valence-electron chi connectivity index (χ0n) is 10.6. The number of carboxylic acid groups (broad SMARTS) is 1. The van der Waals surface area contributed by atoms with E-state index in [4.69, 9.17) is 10.2 Å². The lowest BCUT2D eigenvalue weighted by atomic mass is 10.2. The van der Waals surface area contributed by atoms with E-state index in [2.05, 4.69) is 4.98 Å². The fourth-order valence-corrected chi connectivity index (χ4v) is 2.24. The number of nitrogens with zero attached hydrogens (tertiary/aromatic N) is 1. The summed E-state index contributed by atoms with van der Waals surface area (Å²) in [6.45, 7) is 0. The van der Waals surface area contributed by atoms with E-state index in [0.717, 1.165) is 10.5 Å². The fourth-order valence-electron chi connectivity index (χ4n) is 1.62. The summed E-state index contributed by atoms with van der Waals surface area (Å²) < 4.78 is 0. The number of carbonyl (C=O) groups is 1. The molecule has 4 nitrogen and oxygen atoms in total. The van der Waals surface area contributed by atoms with Crippen LogP contribution in [-0.4, -0.2) is 27.1 Å². The summed E-state index contributed by atoms with van der Waals surface area (Å²) in [5.41, 5.74) is 1.83. The average Bonchev–Trinajstić information content (AvgIpc) is 2.47. The van der Waals surface area contributed by atoms with Crippen LogP contribution < -0.4 is 0 Å². The van der Waals surface area contributed by atoms with Crippen LogP contribution in [-0.2, 0) is 0 Å². The smallest absolute Gasteiger partial charge is 0.337 e. The lowest BCUT2D eigenvalue weighted by molar-refractivity contribution is 0.0696. The van der Waals surface area contributed by atoms with Crippen LogP contribution in [0, 0.1) is 0 Å². The SMILES string of the molecule is O=C(O)c1ccc(C=Cc2ccccc2SCO)nc1. The summed E-state index contributed by atoms with van der Waals surface area (Å²) in [6.07, 6.45) is 5.03. The molecule has 0 saturated heterocycles. The van der Waals surface area contributed by atoms with Crippen LogP contribution in [0.5, 0.6) is 0 Å². The lowest BCUT2D eigenvalue weighted by Crippen LogP contribution is -1.96. The number of aliphatic hydroxyl groups is 1. The van der Waals surface area contributed by atoms with Gasteiger partial charge >= 0.3 is 5.97 Å². The molecular weight excluding hydrogens is 274 g/mol. The van der Waals surface area contributed by atoms with E-state index in [9.17, 15) is 4.79 Å². The Labute approximate surface area is 120 Å². The van der Waals surface area contributed by atoms with Crippen molar-refractivity contribution in [3.8, 4) is 0 Å². The van der Waals surface area contributed by atoms with E-state index in [0.29, 0.717) is 5.69 Å². The topological polar surface area (TPSA) is 70.4 Å². The normalized spacial score (nSPS) is 10.8. The van der Waals surface area contributed by atoms with Gasteiger partial charge in [-0.15, -0.1) is 0 Å². The quantitative estimate of drug-likeness (QED) is 0.653. The largest absolute Gasteiger partial charge is 0.478 e. The number of rotatable bonds is 5. The number of aliphatic hydroxyl groups excluding tert-OH is 1. The molecule has 0 spiro atoms. The van der Waals surface area contributed by atoms with Crippen LogP contribution in [0.15, 0.2) is 47.5 Å². The molecule has 5 heteroatoms. The van der Waals surface area contributed by atoms with Crippen molar-refractivity contribution in [3.05, 3.63) is 59.4 Å². The van der Waals surface area contributed by atoms with Crippen LogP contribution in [0.25, 0.3) is 12.2 Å². The molecule has 1 aromatic carbocycles. The third kappa shape index (κ3) is 3.69. The van der Waals surface area contributed by atoms with Gasteiger partial charge in [-0.2, -0.15) is 0 Å². The highest BCUT2D eigenvalue weighted by atomic mass is 32.2. The summed E-state index contributed by atoms with van der Waals surface area (Å²) in [4.78, 5) is 15.8. The Kier molecular flexibility index (Phi) is 4.92.